The van der Waals surface area contributed by atoms with Gasteiger partial charge in [-0.1, -0.05) is 0 Å². The fourth-order valence-electron chi connectivity index (χ4n) is 1.34. The first-order chi connectivity index (χ1) is 8.00. The molecule has 0 aromatic heterocycles. The number of carbonyl (C=O) groups excluding carboxylic acids is 1. The number of hydrogen-bond acceptors (Lipinski definition) is 4. The second kappa shape index (κ2) is 5.88. The van der Waals surface area contributed by atoms with E-state index in [0.29, 0.717) is 6.42 Å². The molecule has 2 atom stereocenters. The molecule has 3 N–H and O–H groups in total. The first-order valence-corrected chi connectivity index (χ1v) is 5.06. The maximum absolute atomic E-state index is 11.5. The fraction of sp³-hybridized carbons (Fsp3) is 0.500. The molecule has 1 heterocycles. The monoisotopic (exact) mass is 243 g/mol. The number of carboxylic acids is 2. The Balaban J connectivity index is 2.45. The number of ether oxygens (including phenoxy) is 1. The van der Waals surface area contributed by atoms with Crippen molar-refractivity contribution in [3.63, 3.8) is 0 Å². The number of carboxylic acid groups (broad SMARTS) is 2. The summed E-state index contributed by atoms with van der Waals surface area (Å²) in [6.07, 6.45) is 2.21. The smallest absolute Gasteiger partial charge is 0.326 e. The second-order valence-electron chi connectivity index (χ2n) is 3.56. The van der Waals surface area contributed by atoms with Crippen molar-refractivity contribution in [2.45, 2.75) is 31.4 Å². The lowest BCUT2D eigenvalue weighted by Crippen LogP contribution is -2.45. The topological polar surface area (TPSA) is 113 Å². The fourth-order valence-corrected chi connectivity index (χ4v) is 1.34. The second-order valence-corrected chi connectivity index (χ2v) is 3.56. The molecule has 0 bridgehead atoms. The van der Waals surface area contributed by atoms with Crippen molar-refractivity contribution >= 4 is 17.8 Å². The van der Waals surface area contributed by atoms with Crippen LogP contribution in [0.15, 0.2) is 12.3 Å². The summed E-state index contributed by atoms with van der Waals surface area (Å²) in [6.45, 7) is 0. The molecule has 0 aromatic carbocycles. The Hall–Kier alpha value is -2.05. The van der Waals surface area contributed by atoms with E-state index < -0.39 is 30.0 Å². The van der Waals surface area contributed by atoms with Crippen molar-refractivity contribution in [1.29, 1.82) is 0 Å². The first-order valence-electron chi connectivity index (χ1n) is 5.06. The van der Waals surface area contributed by atoms with Crippen molar-refractivity contribution in [3.05, 3.63) is 12.3 Å². The van der Waals surface area contributed by atoms with Gasteiger partial charge in [-0.15, -0.1) is 0 Å². The Labute approximate surface area is 97.1 Å². The molecule has 17 heavy (non-hydrogen) atoms. The normalized spacial score (nSPS) is 19.4. The minimum absolute atomic E-state index is 0.156. The molecule has 1 unspecified atom stereocenters. The standard InChI is InChI=1S/C10H13NO6/c12-8(13)4-3-6(10(15)16)11-9(14)7-2-1-5-17-7/h1,5-7H,2-4H2,(H,11,14)(H,12,13)(H,15,16)/t6-,7?/m0/s1. The summed E-state index contributed by atoms with van der Waals surface area (Å²) in [5.41, 5.74) is 0. The Morgan fingerprint density at radius 1 is 1.41 bits per heavy atom. The van der Waals surface area contributed by atoms with Gasteiger partial charge in [0.05, 0.1) is 6.26 Å². The highest BCUT2D eigenvalue weighted by atomic mass is 16.5. The molecule has 1 aliphatic heterocycles. The molecule has 0 aromatic rings. The SMILES string of the molecule is O=C(O)CC[C@H](NC(=O)C1CC=CO1)C(=O)O. The van der Waals surface area contributed by atoms with Gasteiger partial charge in [0, 0.05) is 12.8 Å². The summed E-state index contributed by atoms with van der Waals surface area (Å²) in [7, 11) is 0. The third-order valence-electron chi connectivity index (χ3n) is 2.24. The molecule has 0 fully saturated rings. The Kier molecular flexibility index (Phi) is 4.50. The molecular weight excluding hydrogens is 230 g/mol. The predicted molar refractivity (Wildman–Crippen MR) is 55.1 cm³/mol. The lowest BCUT2D eigenvalue weighted by molar-refractivity contribution is -0.144. The molecule has 0 saturated carbocycles. The summed E-state index contributed by atoms with van der Waals surface area (Å²) in [4.78, 5) is 32.6. The van der Waals surface area contributed by atoms with E-state index in [4.69, 9.17) is 14.9 Å². The molecule has 0 saturated heterocycles. The highest BCUT2D eigenvalue weighted by Gasteiger charge is 2.27. The highest BCUT2D eigenvalue weighted by Crippen LogP contribution is 2.09. The van der Waals surface area contributed by atoms with Crippen LogP contribution in [0, 0.1) is 0 Å². The van der Waals surface area contributed by atoms with E-state index in [2.05, 4.69) is 5.32 Å². The number of amides is 1. The Morgan fingerprint density at radius 2 is 2.12 bits per heavy atom. The molecule has 1 amide bonds. The molecule has 7 heteroatoms. The van der Waals surface area contributed by atoms with Gasteiger partial charge < -0.3 is 20.3 Å². The van der Waals surface area contributed by atoms with Crippen molar-refractivity contribution < 1.29 is 29.3 Å². The number of nitrogens with one attached hydrogen (secondary N) is 1. The van der Waals surface area contributed by atoms with Crippen LogP contribution in [-0.2, 0) is 19.1 Å². The molecule has 0 radical (unpaired) electrons. The van der Waals surface area contributed by atoms with E-state index in [1.54, 1.807) is 6.08 Å². The van der Waals surface area contributed by atoms with E-state index in [9.17, 15) is 14.4 Å². The van der Waals surface area contributed by atoms with Crippen LogP contribution in [0.25, 0.3) is 0 Å². The van der Waals surface area contributed by atoms with Gasteiger partial charge in [-0.3, -0.25) is 9.59 Å². The largest absolute Gasteiger partial charge is 0.488 e. The van der Waals surface area contributed by atoms with Crippen molar-refractivity contribution in [2.24, 2.45) is 0 Å². The number of aliphatic carboxylic acids is 2. The highest BCUT2D eigenvalue weighted by molar-refractivity contribution is 5.86. The molecular formula is C10H13NO6. The van der Waals surface area contributed by atoms with Crippen LogP contribution in [0.1, 0.15) is 19.3 Å². The minimum Gasteiger partial charge on any atom is -0.488 e. The predicted octanol–water partition coefficient (Wildman–Crippen LogP) is -0.277. The summed E-state index contributed by atoms with van der Waals surface area (Å²) in [5.74, 6) is -2.91. The minimum atomic E-state index is -1.26. The van der Waals surface area contributed by atoms with Crippen LogP contribution in [-0.4, -0.2) is 40.2 Å². The van der Waals surface area contributed by atoms with Gasteiger partial charge in [0.25, 0.3) is 5.91 Å². The quantitative estimate of drug-likeness (QED) is 0.591. The van der Waals surface area contributed by atoms with Gasteiger partial charge in [-0.2, -0.15) is 0 Å². The zero-order chi connectivity index (χ0) is 12.8. The van der Waals surface area contributed by atoms with Gasteiger partial charge in [0.1, 0.15) is 6.04 Å². The van der Waals surface area contributed by atoms with Crippen LogP contribution in [0.4, 0.5) is 0 Å². The van der Waals surface area contributed by atoms with Crippen molar-refractivity contribution in [2.75, 3.05) is 0 Å². The first kappa shape index (κ1) is 13.0. The van der Waals surface area contributed by atoms with Gasteiger partial charge in [-0.25, -0.2) is 4.79 Å². The summed E-state index contributed by atoms with van der Waals surface area (Å²) >= 11 is 0. The maximum Gasteiger partial charge on any atom is 0.326 e. The average molecular weight is 243 g/mol. The van der Waals surface area contributed by atoms with Crippen LogP contribution in [0.5, 0.6) is 0 Å². The third-order valence-corrected chi connectivity index (χ3v) is 2.24. The molecule has 1 rings (SSSR count). The van der Waals surface area contributed by atoms with Crippen molar-refractivity contribution in [3.8, 4) is 0 Å². The van der Waals surface area contributed by atoms with Gasteiger partial charge in [-0.05, 0) is 12.5 Å². The zero-order valence-corrected chi connectivity index (χ0v) is 8.96. The van der Waals surface area contributed by atoms with E-state index >= 15 is 0 Å². The van der Waals surface area contributed by atoms with Crippen LogP contribution < -0.4 is 5.32 Å². The molecule has 7 nitrogen and oxygen atoms in total. The van der Waals surface area contributed by atoms with Gasteiger partial charge in [0.2, 0.25) is 0 Å². The van der Waals surface area contributed by atoms with Crippen LogP contribution in [0.2, 0.25) is 0 Å². The summed E-state index contributed by atoms with van der Waals surface area (Å²) in [5, 5.41) is 19.5. The van der Waals surface area contributed by atoms with Crippen LogP contribution in [0.3, 0.4) is 0 Å². The van der Waals surface area contributed by atoms with E-state index in [0.717, 1.165) is 0 Å². The molecule has 0 spiro atoms. The zero-order valence-electron chi connectivity index (χ0n) is 8.96. The summed E-state index contributed by atoms with van der Waals surface area (Å²) in [6, 6.07) is -1.21. The average Bonchev–Trinajstić information content (AvgIpc) is 2.76. The molecule has 94 valence electrons. The van der Waals surface area contributed by atoms with Crippen molar-refractivity contribution in [1.82, 2.24) is 5.32 Å². The molecule has 0 aliphatic carbocycles. The van der Waals surface area contributed by atoms with Gasteiger partial charge in [0.15, 0.2) is 6.10 Å². The third kappa shape index (κ3) is 4.13. The number of rotatable bonds is 6. The van der Waals surface area contributed by atoms with E-state index in [-0.39, 0.29) is 12.8 Å². The number of carbonyl (C=O) groups is 3. The van der Waals surface area contributed by atoms with E-state index in [1.165, 1.54) is 6.26 Å². The van der Waals surface area contributed by atoms with Crippen LogP contribution >= 0.6 is 0 Å². The lowest BCUT2D eigenvalue weighted by Gasteiger charge is -2.16. The Morgan fingerprint density at radius 3 is 2.59 bits per heavy atom. The van der Waals surface area contributed by atoms with Gasteiger partial charge >= 0.3 is 11.9 Å². The lowest BCUT2D eigenvalue weighted by atomic mass is 10.1. The molecule has 1 aliphatic rings. The maximum atomic E-state index is 11.5. The number of hydrogen-bond donors (Lipinski definition) is 3. The van der Waals surface area contributed by atoms with E-state index in [1.807, 2.05) is 0 Å². The summed E-state index contributed by atoms with van der Waals surface area (Å²) < 4.78 is 4.92. The Bertz CT molecular complexity index is 343.